The Balaban J connectivity index is 1.64. The Morgan fingerprint density at radius 1 is 1.12 bits per heavy atom. The van der Waals surface area contributed by atoms with Crippen molar-refractivity contribution in [1.29, 1.82) is 0 Å². The molecule has 2 aromatic rings. The van der Waals surface area contributed by atoms with Crippen LogP contribution in [0.1, 0.15) is 17.5 Å². The zero-order chi connectivity index (χ0) is 17.3. The molecule has 2 heterocycles. The average Bonchev–Trinajstić information content (AvgIpc) is 2.94. The van der Waals surface area contributed by atoms with E-state index < -0.39 is 5.72 Å². The normalized spacial score (nSPS) is 23.0. The lowest BCUT2D eigenvalue weighted by atomic mass is 10.0. The van der Waals surface area contributed by atoms with Gasteiger partial charge < -0.3 is 5.11 Å². The number of benzene rings is 2. The number of hydrogen-bond donors (Lipinski definition) is 1. The summed E-state index contributed by atoms with van der Waals surface area (Å²) < 4.78 is 15.6. The van der Waals surface area contributed by atoms with Gasteiger partial charge in [-0.25, -0.2) is 13.9 Å². The van der Waals surface area contributed by atoms with Crippen LogP contribution in [-0.2, 0) is 12.1 Å². The van der Waals surface area contributed by atoms with Gasteiger partial charge in [-0.1, -0.05) is 30.3 Å². The van der Waals surface area contributed by atoms with Crippen molar-refractivity contribution in [2.75, 3.05) is 25.4 Å². The van der Waals surface area contributed by atoms with Crippen molar-refractivity contribution in [3.05, 3.63) is 71.5 Å². The summed E-state index contributed by atoms with van der Waals surface area (Å²) in [7, 11) is 0. The summed E-state index contributed by atoms with van der Waals surface area (Å²) in [6, 6.07) is 16.6. The molecule has 3 nitrogen and oxygen atoms in total. The van der Waals surface area contributed by atoms with Gasteiger partial charge >= 0.3 is 5.17 Å². The highest BCUT2D eigenvalue weighted by Gasteiger charge is 2.53. The summed E-state index contributed by atoms with van der Waals surface area (Å²) in [4.78, 5) is 2.11. The summed E-state index contributed by atoms with van der Waals surface area (Å²) in [5.41, 5.74) is 0.906. The molecule has 0 spiro atoms. The van der Waals surface area contributed by atoms with E-state index in [-0.39, 0.29) is 5.82 Å². The van der Waals surface area contributed by atoms with Crippen LogP contribution in [0.4, 0.5) is 4.39 Å². The molecular formula is C20H22FN2OS+. The van der Waals surface area contributed by atoms with Crippen molar-refractivity contribution in [3.63, 3.8) is 0 Å². The van der Waals surface area contributed by atoms with Crippen LogP contribution in [0.15, 0.2) is 54.6 Å². The van der Waals surface area contributed by atoms with E-state index >= 15 is 0 Å². The van der Waals surface area contributed by atoms with Gasteiger partial charge in [0.15, 0.2) is 6.54 Å². The van der Waals surface area contributed by atoms with Crippen molar-refractivity contribution in [2.45, 2.75) is 18.6 Å². The van der Waals surface area contributed by atoms with Gasteiger partial charge in [-0.2, -0.15) is 0 Å². The van der Waals surface area contributed by atoms with E-state index in [1.807, 2.05) is 30.0 Å². The fourth-order valence-electron chi connectivity index (χ4n) is 3.64. The van der Waals surface area contributed by atoms with Gasteiger partial charge in [-0.3, -0.25) is 0 Å². The summed E-state index contributed by atoms with van der Waals surface area (Å²) in [5.74, 6) is 0.800. The first kappa shape index (κ1) is 16.6. The molecule has 2 aromatic carbocycles. The summed E-state index contributed by atoms with van der Waals surface area (Å²) in [6.07, 6.45) is 1.99. The van der Waals surface area contributed by atoms with E-state index in [1.165, 1.54) is 17.7 Å². The third-order valence-corrected chi connectivity index (χ3v) is 6.17. The minimum Gasteiger partial charge on any atom is -0.346 e. The fraction of sp³-hybridized carbons (Fsp3) is 0.350. The monoisotopic (exact) mass is 357 g/mol. The predicted octanol–water partition coefficient (Wildman–Crippen LogP) is 3.03. The molecule has 0 bridgehead atoms. The van der Waals surface area contributed by atoms with Crippen molar-refractivity contribution in [3.8, 4) is 0 Å². The molecule has 1 N–H and O–H groups in total. The zero-order valence-electron chi connectivity index (χ0n) is 14.1. The second-order valence-corrected chi connectivity index (χ2v) is 7.68. The first-order chi connectivity index (χ1) is 12.2. The van der Waals surface area contributed by atoms with E-state index in [1.54, 1.807) is 12.1 Å². The average molecular weight is 357 g/mol. The molecule has 4 rings (SSSR count). The lowest BCUT2D eigenvalue weighted by Crippen LogP contribution is -2.47. The molecule has 2 aliphatic rings. The second-order valence-electron chi connectivity index (χ2n) is 6.62. The zero-order valence-corrected chi connectivity index (χ0v) is 14.9. The number of rotatable bonds is 4. The first-order valence-corrected chi connectivity index (χ1v) is 9.70. The van der Waals surface area contributed by atoms with Gasteiger partial charge in [0.2, 0.25) is 0 Å². The number of halogens is 1. The number of aliphatic hydroxyl groups is 1. The maximum Gasteiger partial charge on any atom is 0.311 e. The lowest BCUT2D eigenvalue weighted by molar-refractivity contribution is -0.532. The molecule has 0 aromatic heterocycles. The second kappa shape index (κ2) is 6.81. The van der Waals surface area contributed by atoms with Gasteiger partial charge in [0, 0.05) is 17.7 Å². The lowest BCUT2D eigenvalue weighted by Gasteiger charge is -2.28. The van der Waals surface area contributed by atoms with Crippen LogP contribution in [0.3, 0.4) is 0 Å². The topological polar surface area (TPSA) is 26.5 Å². The summed E-state index contributed by atoms with van der Waals surface area (Å²) in [5, 5.41) is 12.7. The SMILES string of the molecule is OC1(c2ccc(F)cc2)C[N+]2=C(SCCC2)N1CCc1ccccc1. The van der Waals surface area contributed by atoms with Crippen molar-refractivity contribution in [2.24, 2.45) is 0 Å². The number of thioether (sulfide) groups is 1. The Morgan fingerprint density at radius 3 is 2.64 bits per heavy atom. The maximum atomic E-state index is 13.3. The highest BCUT2D eigenvalue weighted by molar-refractivity contribution is 8.13. The molecule has 0 amide bonds. The molecule has 130 valence electrons. The minimum atomic E-state index is -1.10. The quantitative estimate of drug-likeness (QED) is 0.852. The molecule has 1 atom stereocenters. The molecule has 0 fully saturated rings. The third-order valence-electron chi connectivity index (χ3n) is 4.94. The number of nitrogens with zero attached hydrogens (tertiary/aromatic N) is 2. The van der Waals surface area contributed by atoms with E-state index in [0.29, 0.717) is 6.54 Å². The molecule has 0 saturated carbocycles. The Labute approximate surface area is 151 Å². The van der Waals surface area contributed by atoms with Crippen molar-refractivity contribution >= 4 is 16.9 Å². The van der Waals surface area contributed by atoms with Crippen LogP contribution >= 0.6 is 11.8 Å². The molecule has 1 unspecified atom stereocenters. The van der Waals surface area contributed by atoms with Gasteiger partial charge in [0.1, 0.15) is 5.82 Å². The maximum absolute atomic E-state index is 13.3. The Bertz CT molecular complexity index is 778. The largest absolute Gasteiger partial charge is 0.346 e. The van der Waals surface area contributed by atoms with Gasteiger partial charge in [-0.05, 0) is 48.0 Å². The molecule has 2 aliphatic heterocycles. The smallest absolute Gasteiger partial charge is 0.311 e. The highest BCUT2D eigenvalue weighted by Crippen LogP contribution is 2.36. The van der Waals surface area contributed by atoms with Crippen LogP contribution < -0.4 is 0 Å². The standard InChI is InChI=1S/C20H22FN2OS/c21-18-9-7-17(8-10-18)20(24)15-22-12-4-14-25-19(22)23(20)13-11-16-5-2-1-3-6-16/h1-3,5-10,24H,4,11-15H2/q+1. The van der Waals surface area contributed by atoms with E-state index in [0.717, 1.165) is 42.4 Å². The van der Waals surface area contributed by atoms with Crippen LogP contribution in [-0.4, -0.2) is 45.1 Å². The molecule has 0 aliphatic carbocycles. The highest BCUT2D eigenvalue weighted by atomic mass is 32.2. The summed E-state index contributed by atoms with van der Waals surface area (Å²) >= 11 is 1.81. The van der Waals surface area contributed by atoms with Crippen LogP contribution in [0.2, 0.25) is 0 Å². The molecule has 25 heavy (non-hydrogen) atoms. The van der Waals surface area contributed by atoms with E-state index in [9.17, 15) is 9.50 Å². The Kier molecular flexibility index (Phi) is 4.52. The van der Waals surface area contributed by atoms with Crippen molar-refractivity contribution < 1.29 is 14.1 Å². The van der Waals surface area contributed by atoms with Gasteiger partial charge in [0.05, 0.1) is 13.1 Å². The van der Waals surface area contributed by atoms with Gasteiger partial charge in [0.25, 0.3) is 5.72 Å². The van der Waals surface area contributed by atoms with Crippen LogP contribution in [0.25, 0.3) is 0 Å². The molecule has 5 heteroatoms. The molecular weight excluding hydrogens is 335 g/mol. The predicted molar refractivity (Wildman–Crippen MR) is 99.2 cm³/mol. The van der Waals surface area contributed by atoms with Crippen LogP contribution in [0.5, 0.6) is 0 Å². The van der Waals surface area contributed by atoms with Crippen LogP contribution in [0, 0.1) is 5.82 Å². The Hall–Kier alpha value is -1.85. The summed E-state index contributed by atoms with van der Waals surface area (Å²) in [6.45, 7) is 2.24. The minimum absolute atomic E-state index is 0.277. The number of amidine groups is 1. The number of hydrogen-bond acceptors (Lipinski definition) is 3. The van der Waals surface area contributed by atoms with E-state index in [2.05, 4.69) is 21.6 Å². The Morgan fingerprint density at radius 2 is 1.88 bits per heavy atom. The van der Waals surface area contributed by atoms with Gasteiger partial charge in [-0.15, -0.1) is 0 Å². The fourth-order valence-corrected chi connectivity index (χ4v) is 4.83. The molecule has 0 radical (unpaired) electrons. The first-order valence-electron chi connectivity index (χ1n) is 8.71. The third kappa shape index (κ3) is 3.18. The van der Waals surface area contributed by atoms with E-state index in [4.69, 9.17) is 0 Å². The molecule has 0 saturated heterocycles. The van der Waals surface area contributed by atoms with Crippen molar-refractivity contribution in [1.82, 2.24) is 4.90 Å².